The first-order valence-corrected chi connectivity index (χ1v) is 10.1. The van der Waals surface area contributed by atoms with Crippen molar-refractivity contribution < 1.29 is 34.8 Å². The van der Waals surface area contributed by atoms with Crippen molar-refractivity contribution in [3.63, 3.8) is 0 Å². The SMILES string of the molecule is C[N+](C)(C)c1ccccc1.C[N+](C)(C)c1ccccc1.O=C(O)CC(O)(CC(=O)O)C(=O)O. The van der Waals surface area contributed by atoms with E-state index in [1.807, 2.05) is 12.1 Å². The monoisotopic (exact) mass is 464 g/mol. The van der Waals surface area contributed by atoms with Crippen LogP contribution in [-0.4, -0.2) is 86.2 Å². The van der Waals surface area contributed by atoms with Crippen molar-refractivity contribution in [2.24, 2.45) is 0 Å². The van der Waals surface area contributed by atoms with Crippen molar-refractivity contribution in [1.29, 1.82) is 0 Å². The van der Waals surface area contributed by atoms with Crippen LogP contribution in [-0.2, 0) is 14.4 Å². The van der Waals surface area contributed by atoms with Crippen LogP contribution in [0.1, 0.15) is 12.8 Å². The van der Waals surface area contributed by atoms with Gasteiger partial charge in [0.2, 0.25) is 0 Å². The first-order chi connectivity index (χ1) is 15.0. The van der Waals surface area contributed by atoms with Gasteiger partial charge < -0.3 is 20.4 Å². The number of benzene rings is 2. The van der Waals surface area contributed by atoms with Crippen molar-refractivity contribution >= 4 is 29.3 Å². The third-order valence-electron chi connectivity index (χ3n) is 4.35. The Hall–Kier alpha value is -3.27. The maximum Gasteiger partial charge on any atom is 0.336 e. The van der Waals surface area contributed by atoms with Crippen molar-refractivity contribution in [1.82, 2.24) is 8.97 Å². The Bertz CT molecular complexity index is 821. The second-order valence-electron chi connectivity index (χ2n) is 9.17. The van der Waals surface area contributed by atoms with Crippen LogP contribution in [0, 0.1) is 0 Å². The van der Waals surface area contributed by atoms with Crippen molar-refractivity contribution in [2.75, 3.05) is 42.3 Å². The molecule has 0 bridgehead atoms. The molecule has 0 spiro atoms. The number of para-hydroxylation sites is 2. The molecule has 0 fully saturated rings. The van der Waals surface area contributed by atoms with Gasteiger partial charge in [0.15, 0.2) is 5.60 Å². The van der Waals surface area contributed by atoms with Gasteiger partial charge in [0.25, 0.3) is 0 Å². The Kier molecular flexibility index (Phi) is 11.4. The van der Waals surface area contributed by atoms with Gasteiger partial charge in [-0.25, -0.2) is 4.79 Å². The second kappa shape index (κ2) is 12.7. The lowest BCUT2D eigenvalue weighted by Gasteiger charge is -2.22. The summed E-state index contributed by atoms with van der Waals surface area (Å²) in [7, 11) is 13.0. The molecule has 0 amide bonds. The molecule has 9 heteroatoms. The van der Waals surface area contributed by atoms with Gasteiger partial charge in [-0.05, 0) is 24.3 Å². The number of aliphatic hydroxyl groups is 1. The van der Waals surface area contributed by atoms with E-state index >= 15 is 0 Å². The molecule has 182 valence electrons. The number of hydrogen-bond donors (Lipinski definition) is 4. The van der Waals surface area contributed by atoms with Crippen LogP contribution >= 0.6 is 0 Å². The van der Waals surface area contributed by atoms with Crippen LogP contribution in [0.2, 0.25) is 0 Å². The van der Waals surface area contributed by atoms with E-state index in [9.17, 15) is 14.4 Å². The molecule has 2 rings (SSSR count). The average Bonchev–Trinajstić information content (AvgIpc) is 2.68. The fourth-order valence-electron chi connectivity index (χ4n) is 2.46. The lowest BCUT2D eigenvalue weighted by Crippen LogP contribution is -2.42. The standard InChI is InChI=1S/2C9H14N.C6H8O7/c2*1-10(2,3)9-7-5-4-6-8-9;7-3(8)1-6(13,5(11)12)2-4(9)10/h2*4-8H,1-3H3;13H,1-2H2,(H,7,8)(H,9,10)(H,11,12)/q2*+1;. The van der Waals surface area contributed by atoms with E-state index in [1.165, 1.54) is 11.4 Å². The highest BCUT2D eigenvalue weighted by molar-refractivity contribution is 5.88. The molecular weight excluding hydrogens is 428 g/mol. The number of carboxylic acid groups (broad SMARTS) is 3. The summed E-state index contributed by atoms with van der Waals surface area (Å²) in [6, 6.07) is 20.9. The number of carboxylic acids is 3. The summed E-state index contributed by atoms with van der Waals surface area (Å²) in [5.74, 6) is -5.02. The van der Waals surface area contributed by atoms with Crippen molar-refractivity contribution in [3.8, 4) is 0 Å². The molecule has 9 nitrogen and oxygen atoms in total. The number of hydrogen-bond acceptors (Lipinski definition) is 4. The Balaban J connectivity index is 0.000000470. The van der Waals surface area contributed by atoms with E-state index in [0.717, 1.165) is 8.97 Å². The number of nitrogens with zero attached hydrogens (tertiary/aromatic N) is 2. The number of rotatable bonds is 7. The lowest BCUT2D eigenvalue weighted by molar-refractivity contribution is -0.170. The molecule has 33 heavy (non-hydrogen) atoms. The third-order valence-corrected chi connectivity index (χ3v) is 4.35. The topological polar surface area (TPSA) is 132 Å². The van der Waals surface area contributed by atoms with Crippen LogP contribution in [0.15, 0.2) is 60.7 Å². The molecule has 0 atom stereocenters. The van der Waals surface area contributed by atoms with E-state index in [0.29, 0.717) is 0 Å². The normalized spacial score (nSPS) is 11.2. The van der Waals surface area contributed by atoms with Crippen LogP contribution < -0.4 is 8.97 Å². The molecule has 0 aliphatic heterocycles. The Morgan fingerprint density at radius 3 is 1.06 bits per heavy atom. The Morgan fingerprint density at radius 1 is 0.636 bits per heavy atom. The number of quaternary nitrogens is 2. The van der Waals surface area contributed by atoms with E-state index in [4.69, 9.17) is 20.4 Å². The highest BCUT2D eigenvalue weighted by atomic mass is 16.4. The second-order valence-corrected chi connectivity index (χ2v) is 9.17. The molecule has 0 radical (unpaired) electrons. The van der Waals surface area contributed by atoms with E-state index in [-0.39, 0.29) is 0 Å². The quantitative estimate of drug-likeness (QED) is 0.463. The van der Waals surface area contributed by atoms with Crippen LogP contribution in [0.25, 0.3) is 0 Å². The summed E-state index contributed by atoms with van der Waals surface area (Å²) in [6.07, 6.45) is -2.29. The van der Waals surface area contributed by atoms with E-state index < -0.39 is 36.4 Å². The largest absolute Gasteiger partial charge is 0.481 e. The van der Waals surface area contributed by atoms with Gasteiger partial charge in [0, 0.05) is 0 Å². The zero-order valence-electron chi connectivity index (χ0n) is 20.1. The third kappa shape index (κ3) is 12.4. The maximum atomic E-state index is 10.3. The van der Waals surface area contributed by atoms with Crippen molar-refractivity contribution in [3.05, 3.63) is 60.7 Å². The van der Waals surface area contributed by atoms with Crippen LogP contribution in [0.4, 0.5) is 11.4 Å². The first kappa shape index (κ1) is 29.7. The molecule has 0 saturated heterocycles. The summed E-state index contributed by atoms with van der Waals surface area (Å²) < 4.78 is 1.78. The zero-order valence-corrected chi connectivity index (χ0v) is 20.1. The fraction of sp³-hybridized carbons (Fsp3) is 0.375. The zero-order chi connectivity index (χ0) is 25.9. The highest BCUT2D eigenvalue weighted by Crippen LogP contribution is 2.16. The van der Waals surface area contributed by atoms with Crippen molar-refractivity contribution in [2.45, 2.75) is 18.4 Å². The number of aliphatic carboxylic acids is 3. The number of carbonyl (C=O) groups is 3. The van der Waals surface area contributed by atoms with E-state index in [1.54, 1.807) is 0 Å². The minimum absolute atomic E-state index is 0.890. The van der Waals surface area contributed by atoms with E-state index in [2.05, 4.69) is 90.8 Å². The predicted octanol–water partition coefficient (Wildman–Crippen LogP) is 2.52. The molecule has 0 saturated carbocycles. The molecule has 0 heterocycles. The van der Waals surface area contributed by atoms with Crippen LogP contribution in [0.3, 0.4) is 0 Å². The molecule has 0 aliphatic carbocycles. The maximum absolute atomic E-state index is 10.3. The molecule has 2 aromatic rings. The lowest BCUT2D eigenvalue weighted by atomic mass is 9.96. The highest BCUT2D eigenvalue weighted by Gasteiger charge is 2.40. The van der Waals surface area contributed by atoms with Gasteiger partial charge in [-0.1, -0.05) is 36.4 Å². The summed E-state index contributed by atoms with van der Waals surface area (Å²) in [4.78, 5) is 30.5. The van der Waals surface area contributed by atoms with Gasteiger partial charge in [-0.3, -0.25) is 18.6 Å². The summed E-state index contributed by atoms with van der Waals surface area (Å²) in [5, 5.41) is 33.8. The summed E-state index contributed by atoms with van der Waals surface area (Å²) >= 11 is 0. The van der Waals surface area contributed by atoms with Gasteiger partial charge in [0.1, 0.15) is 11.4 Å². The fourth-order valence-corrected chi connectivity index (χ4v) is 2.46. The molecule has 0 unspecified atom stereocenters. The average molecular weight is 465 g/mol. The van der Waals surface area contributed by atoms with Gasteiger partial charge in [-0.2, -0.15) is 0 Å². The molecule has 2 aromatic carbocycles. The molecule has 0 aliphatic rings. The Labute approximate surface area is 194 Å². The minimum Gasteiger partial charge on any atom is -0.481 e. The first-order valence-electron chi connectivity index (χ1n) is 10.1. The predicted molar refractivity (Wildman–Crippen MR) is 129 cm³/mol. The van der Waals surface area contributed by atoms with Gasteiger partial charge in [0.05, 0.1) is 55.1 Å². The molecule has 0 aromatic heterocycles. The summed E-state index contributed by atoms with van der Waals surface area (Å²) in [5.41, 5.74) is -0.0671. The van der Waals surface area contributed by atoms with Gasteiger partial charge in [-0.15, -0.1) is 0 Å². The smallest absolute Gasteiger partial charge is 0.336 e. The van der Waals surface area contributed by atoms with Crippen LogP contribution in [0.5, 0.6) is 0 Å². The van der Waals surface area contributed by atoms with Gasteiger partial charge >= 0.3 is 17.9 Å². The molecular formula is C24H36N2O7+2. The molecule has 4 N–H and O–H groups in total. The minimum atomic E-state index is -2.74. The Morgan fingerprint density at radius 2 is 0.909 bits per heavy atom. The summed E-state index contributed by atoms with van der Waals surface area (Å²) in [6.45, 7) is 0.